The Balaban J connectivity index is 2.03. The van der Waals surface area contributed by atoms with Crippen LogP contribution < -0.4 is 9.47 Å². The van der Waals surface area contributed by atoms with Gasteiger partial charge < -0.3 is 9.47 Å². The molecule has 0 amide bonds. The van der Waals surface area contributed by atoms with Crippen LogP contribution in [0.4, 0.5) is 0 Å². The molecule has 1 aromatic carbocycles. The van der Waals surface area contributed by atoms with Gasteiger partial charge in [0.2, 0.25) is 0 Å². The summed E-state index contributed by atoms with van der Waals surface area (Å²) >= 11 is 0. The summed E-state index contributed by atoms with van der Waals surface area (Å²) in [4.78, 5) is 0. The van der Waals surface area contributed by atoms with Crippen molar-refractivity contribution in [3.63, 3.8) is 0 Å². The largest absolute Gasteiger partial charge is 0.486 e. The highest BCUT2D eigenvalue weighted by atomic mass is 16.6. The van der Waals surface area contributed by atoms with E-state index in [0.717, 1.165) is 23.8 Å². The van der Waals surface area contributed by atoms with Gasteiger partial charge in [0.1, 0.15) is 13.2 Å². The summed E-state index contributed by atoms with van der Waals surface area (Å²) in [5.74, 6) is 2.66. The maximum absolute atomic E-state index is 5.69. The van der Waals surface area contributed by atoms with Gasteiger partial charge in [-0.1, -0.05) is 32.4 Å². The first-order chi connectivity index (χ1) is 7.77. The Kier molecular flexibility index (Phi) is 3.70. The van der Waals surface area contributed by atoms with Crippen molar-refractivity contribution in [3.05, 3.63) is 23.8 Å². The topological polar surface area (TPSA) is 18.5 Å². The number of hydrogen-bond acceptors (Lipinski definition) is 2. The van der Waals surface area contributed by atoms with E-state index in [4.69, 9.17) is 9.47 Å². The van der Waals surface area contributed by atoms with E-state index in [1.807, 2.05) is 6.07 Å². The summed E-state index contributed by atoms with van der Waals surface area (Å²) in [6.07, 6.45) is 3.58. The van der Waals surface area contributed by atoms with E-state index in [2.05, 4.69) is 26.0 Å². The third-order valence-corrected chi connectivity index (χ3v) is 2.88. The van der Waals surface area contributed by atoms with Crippen LogP contribution in [-0.2, 0) is 6.42 Å². The van der Waals surface area contributed by atoms with E-state index in [1.54, 1.807) is 0 Å². The standard InChI is InChI=1S/C14H20O2/c1-11(2)5-3-6-12-7-4-8-13-14(12)16-10-9-15-13/h4,7-8,11H,3,5-6,9-10H2,1-2H3. The maximum Gasteiger partial charge on any atom is 0.164 e. The zero-order valence-corrected chi connectivity index (χ0v) is 10.2. The minimum Gasteiger partial charge on any atom is -0.486 e. The number of ether oxygens (including phenoxy) is 2. The van der Waals surface area contributed by atoms with Crippen LogP contribution in [0, 0.1) is 5.92 Å². The van der Waals surface area contributed by atoms with E-state index < -0.39 is 0 Å². The Morgan fingerprint density at radius 2 is 2.00 bits per heavy atom. The molecule has 1 aliphatic heterocycles. The van der Waals surface area contributed by atoms with Crippen LogP contribution in [0.15, 0.2) is 18.2 Å². The number of benzene rings is 1. The molecule has 0 saturated heterocycles. The lowest BCUT2D eigenvalue weighted by atomic mass is 10.0. The first kappa shape index (κ1) is 11.3. The zero-order valence-electron chi connectivity index (χ0n) is 10.2. The number of fused-ring (bicyclic) bond motifs is 1. The van der Waals surface area contributed by atoms with Crippen LogP contribution in [-0.4, -0.2) is 13.2 Å². The van der Waals surface area contributed by atoms with E-state index >= 15 is 0 Å². The molecule has 2 rings (SSSR count). The van der Waals surface area contributed by atoms with Crippen molar-refractivity contribution in [2.75, 3.05) is 13.2 Å². The smallest absolute Gasteiger partial charge is 0.164 e. The Morgan fingerprint density at radius 1 is 1.19 bits per heavy atom. The van der Waals surface area contributed by atoms with Gasteiger partial charge in [-0.15, -0.1) is 0 Å². The molecule has 0 N–H and O–H groups in total. The molecule has 0 spiro atoms. The lowest BCUT2D eigenvalue weighted by molar-refractivity contribution is 0.170. The van der Waals surface area contributed by atoms with Gasteiger partial charge in [0, 0.05) is 0 Å². The lowest BCUT2D eigenvalue weighted by Crippen LogP contribution is -2.16. The fourth-order valence-corrected chi connectivity index (χ4v) is 2.03. The molecule has 1 aromatic rings. The van der Waals surface area contributed by atoms with Crippen LogP contribution in [0.1, 0.15) is 32.3 Å². The summed E-state index contributed by atoms with van der Waals surface area (Å²) in [6.45, 7) is 5.87. The number of para-hydroxylation sites is 1. The van der Waals surface area contributed by atoms with Crippen molar-refractivity contribution in [2.45, 2.75) is 33.1 Å². The Morgan fingerprint density at radius 3 is 2.81 bits per heavy atom. The highest BCUT2D eigenvalue weighted by molar-refractivity contribution is 5.47. The molecule has 2 heteroatoms. The molecular weight excluding hydrogens is 200 g/mol. The van der Waals surface area contributed by atoms with Crippen LogP contribution in [0.3, 0.4) is 0 Å². The minimum atomic E-state index is 0.669. The molecule has 2 nitrogen and oxygen atoms in total. The molecular formula is C14H20O2. The first-order valence-corrected chi connectivity index (χ1v) is 6.15. The monoisotopic (exact) mass is 220 g/mol. The molecule has 0 fully saturated rings. The Bertz CT molecular complexity index is 345. The molecule has 0 aliphatic carbocycles. The molecule has 1 heterocycles. The number of aryl methyl sites for hydroxylation is 1. The van der Waals surface area contributed by atoms with Crippen molar-refractivity contribution >= 4 is 0 Å². The van der Waals surface area contributed by atoms with Gasteiger partial charge in [-0.25, -0.2) is 0 Å². The molecule has 0 saturated carbocycles. The molecule has 0 aromatic heterocycles. The molecule has 16 heavy (non-hydrogen) atoms. The Hall–Kier alpha value is -1.18. The molecule has 0 unspecified atom stereocenters. The quantitative estimate of drug-likeness (QED) is 0.774. The van der Waals surface area contributed by atoms with Crippen LogP contribution in [0.2, 0.25) is 0 Å². The summed E-state index contributed by atoms with van der Waals surface area (Å²) in [5.41, 5.74) is 1.29. The van der Waals surface area contributed by atoms with Crippen molar-refractivity contribution in [2.24, 2.45) is 5.92 Å². The van der Waals surface area contributed by atoms with Crippen molar-refractivity contribution < 1.29 is 9.47 Å². The molecule has 0 atom stereocenters. The maximum atomic E-state index is 5.69. The predicted octanol–water partition coefficient (Wildman–Crippen LogP) is 3.44. The second-order valence-corrected chi connectivity index (χ2v) is 4.73. The third kappa shape index (κ3) is 2.69. The summed E-state index contributed by atoms with van der Waals surface area (Å²) in [7, 11) is 0. The molecule has 1 aliphatic rings. The fourth-order valence-electron chi connectivity index (χ4n) is 2.03. The van der Waals surface area contributed by atoms with Crippen LogP contribution in [0.5, 0.6) is 11.5 Å². The van der Waals surface area contributed by atoms with Crippen molar-refractivity contribution in [1.82, 2.24) is 0 Å². The normalized spacial score (nSPS) is 14.2. The van der Waals surface area contributed by atoms with Crippen LogP contribution >= 0.6 is 0 Å². The van der Waals surface area contributed by atoms with Crippen molar-refractivity contribution in [3.8, 4) is 11.5 Å². The summed E-state index contributed by atoms with van der Waals surface area (Å²) in [5, 5.41) is 0. The average Bonchev–Trinajstić information content (AvgIpc) is 2.29. The highest BCUT2D eigenvalue weighted by Gasteiger charge is 2.14. The molecule has 88 valence electrons. The van der Waals surface area contributed by atoms with Gasteiger partial charge in [-0.3, -0.25) is 0 Å². The van der Waals surface area contributed by atoms with Gasteiger partial charge in [0.15, 0.2) is 11.5 Å². The van der Waals surface area contributed by atoms with E-state index in [9.17, 15) is 0 Å². The SMILES string of the molecule is CC(C)CCCc1cccc2c1OCCO2. The number of hydrogen-bond donors (Lipinski definition) is 0. The second-order valence-electron chi connectivity index (χ2n) is 4.73. The minimum absolute atomic E-state index is 0.669. The van der Waals surface area contributed by atoms with Crippen molar-refractivity contribution in [1.29, 1.82) is 0 Å². The van der Waals surface area contributed by atoms with E-state index in [-0.39, 0.29) is 0 Å². The van der Waals surface area contributed by atoms with E-state index in [1.165, 1.54) is 18.4 Å². The second kappa shape index (κ2) is 5.24. The van der Waals surface area contributed by atoms with E-state index in [0.29, 0.717) is 13.2 Å². The highest BCUT2D eigenvalue weighted by Crippen LogP contribution is 2.34. The average molecular weight is 220 g/mol. The lowest BCUT2D eigenvalue weighted by Gasteiger charge is -2.21. The predicted molar refractivity (Wildman–Crippen MR) is 65.2 cm³/mol. The molecule has 0 bridgehead atoms. The summed E-state index contributed by atoms with van der Waals surface area (Å²) < 4.78 is 11.3. The Labute approximate surface area is 97.6 Å². The third-order valence-electron chi connectivity index (χ3n) is 2.88. The number of rotatable bonds is 4. The van der Waals surface area contributed by atoms with Gasteiger partial charge in [-0.2, -0.15) is 0 Å². The molecule has 0 radical (unpaired) electrons. The zero-order chi connectivity index (χ0) is 11.4. The fraction of sp³-hybridized carbons (Fsp3) is 0.571. The van der Waals surface area contributed by atoms with Gasteiger partial charge in [0.05, 0.1) is 0 Å². The van der Waals surface area contributed by atoms with Gasteiger partial charge in [0.25, 0.3) is 0 Å². The van der Waals surface area contributed by atoms with Gasteiger partial charge >= 0.3 is 0 Å². The first-order valence-electron chi connectivity index (χ1n) is 6.15. The van der Waals surface area contributed by atoms with Crippen LogP contribution in [0.25, 0.3) is 0 Å². The van der Waals surface area contributed by atoms with Gasteiger partial charge in [-0.05, 0) is 30.4 Å². The summed E-state index contributed by atoms with van der Waals surface area (Å²) in [6, 6.07) is 6.19.